The Morgan fingerprint density at radius 1 is 1.11 bits per heavy atom. The van der Waals surface area contributed by atoms with Gasteiger partial charge in [0.1, 0.15) is 6.29 Å². The largest absolute Gasteiger partial charge is 0.298 e. The van der Waals surface area contributed by atoms with Crippen LogP contribution in [0.5, 0.6) is 0 Å². The molecule has 4 nitrogen and oxygen atoms in total. The molecule has 2 rings (SSSR count). The summed E-state index contributed by atoms with van der Waals surface area (Å²) in [5, 5.41) is 11.1. The number of rotatable bonds is 3. The molecular formula is C14H11NO3. The van der Waals surface area contributed by atoms with Gasteiger partial charge in [-0.15, -0.1) is 0 Å². The maximum absolute atomic E-state index is 11.1. The van der Waals surface area contributed by atoms with Gasteiger partial charge in [-0.25, -0.2) is 0 Å². The van der Waals surface area contributed by atoms with Crippen molar-refractivity contribution in [3.63, 3.8) is 0 Å². The number of aryl methyl sites for hydroxylation is 1. The van der Waals surface area contributed by atoms with Crippen molar-refractivity contribution in [3.05, 3.63) is 63.7 Å². The molecule has 0 aliphatic heterocycles. The number of aldehydes is 1. The van der Waals surface area contributed by atoms with E-state index >= 15 is 0 Å². The molecule has 0 aromatic heterocycles. The van der Waals surface area contributed by atoms with E-state index in [0.717, 1.165) is 11.1 Å². The Balaban J connectivity index is 2.68. The van der Waals surface area contributed by atoms with Crippen molar-refractivity contribution in [2.24, 2.45) is 0 Å². The van der Waals surface area contributed by atoms with E-state index in [9.17, 15) is 14.9 Å². The molecule has 18 heavy (non-hydrogen) atoms. The molecule has 0 aliphatic rings. The SMILES string of the molecule is Cc1ccccc1-c1ccc(C=O)cc1[N+](=O)[O-]. The van der Waals surface area contributed by atoms with Gasteiger partial charge in [0.25, 0.3) is 5.69 Å². The van der Waals surface area contributed by atoms with Crippen molar-refractivity contribution in [1.82, 2.24) is 0 Å². The number of carbonyl (C=O) groups excluding carboxylic acids is 1. The fraction of sp³-hybridized carbons (Fsp3) is 0.0714. The average molecular weight is 241 g/mol. The van der Waals surface area contributed by atoms with E-state index in [2.05, 4.69) is 0 Å². The van der Waals surface area contributed by atoms with E-state index < -0.39 is 4.92 Å². The average Bonchev–Trinajstić information content (AvgIpc) is 2.38. The van der Waals surface area contributed by atoms with E-state index in [1.807, 2.05) is 31.2 Å². The predicted molar refractivity (Wildman–Crippen MR) is 68.7 cm³/mol. The Morgan fingerprint density at radius 3 is 2.44 bits per heavy atom. The van der Waals surface area contributed by atoms with E-state index in [1.54, 1.807) is 12.1 Å². The Bertz CT molecular complexity index is 620. The monoisotopic (exact) mass is 241 g/mol. The van der Waals surface area contributed by atoms with Gasteiger partial charge in [0.05, 0.1) is 10.5 Å². The molecule has 0 spiro atoms. The molecule has 4 heteroatoms. The van der Waals surface area contributed by atoms with Gasteiger partial charge >= 0.3 is 0 Å². The fourth-order valence-corrected chi connectivity index (χ4v) is 1.88. The zero-order chi connectivity index (χ0) is 13.1. The zero-order valence-corrected chi connectivity index (χ0v) is 9.79. The van der Waals surface area contributed by atoms with Crippen LogP contribution in [0.2, 0.25) is 0 Å². The molecule has 0 bridgehead atoms. The Labute approximate surface area is 104 Å². The van der Waals surface area contributed by atoms with Crippen LogP contribution in [0.25, 0.3) is 11.1 Å². The number of hydrogen-bond acceptors (Lipinski definition) is 3. The second-order valence-electron chi connectivity index (χ2n) is 3.97. The first-order chi connectivity index (χ1) is 8.63. The fourth-order valence-electron chi connectivity index (χ4n) is 1.88. The molecule has 0 saturated heterocycles. The Kier molecular flexibility index (Phi) is 3.19. The van der Waals surface area contributed by atoms with Crippen LogP contribution in [0.4, 0.5) is 5.69 Å². The number of nitro benzene ring substituents is 1. The van der Waals surface area contributed by atoms with Crippen LogP contribution in [-0.4, -0.2) is 11.2 Å². The third-order valence-corrected chi connectivity index (χ3v) is 2.79. The molecule has 90 valence electrons. The van der Waals surface area contributed by atoms with Gasteiger partial charge in [0, 0.05) is 11.6 Å². The van der Waals surface area contributed by atoms with Crippen molar-refractivity contribution in [2.75, 3.05) is 0 Å². The van der Waals surface area contributed by atoms with Gasteiger partial charge in [0.15, 0.2) is 0 Å². The number of nitrogens with zero attached hydrogens (tertiary/aromatic N) is 1. The van der Waals surface area contributed by atoms with Crippen LogP contribution in [-0.2, 0) is 0 Å². The summed E-state index contributed by atoms with van der Waals surface area (Å²) in [6.45, 7) is 1.90. The first-order valence-electron chi connectivity index (χ1n) is 5.43. The molecule has 0 N–H and O–H groups in total. The van der Waals surface area contributed by atoms with Gasteiger partial charge < -0.3 is 0 Å². The lowest BCUT2D eigenvalue weighted by Crippen LogP contribution is -1.95. The highest BCUT2D eigenvalue weighted by Gasteiger charge is 2.17. The minimum absolute atomic E-state index is 0.0473. The predicted octanol–water partition coefficient (Wildman–Crippen LogP) is 3.38. The standard InChI is InChI=1S/C14H11NO3/c1-10-4-2-3-5-12(10)13-7-6-11(9-16)8-14(13)15(17)18/h2-9H,1H3. The Morgan fingerprint density at radius 2 is 1.83 bits per heavy atom. The molecule has 2 aromatic carbocycles. The van der Waals surface area contributed by atoms with E-state index in [4.69, 9.17) is 0 Å². The second kappa shape index (κ2) is 4.79. The van der Waals surface area contributed by atoms with Crippen molar-refractivity contribution in [2.45, 2.75) is 6.92 Å². The summed E-state index contributed by atoms with van der Waals surface area (Å²) in [4.78, 5) is 21.3. The van der Waals surface area contributed by atoms with E-state index in [1.165, 1.54) is 6.07 Å². The van der Waals surface area contributed by atoms with Gasteiger partial charge in [-0.3, -0.25) is 14.9 Å². The Hall–Kier alpha value is -2.49. The zero-order valence-electron chi connectivity index (χ0n) is 9.79. The van der Waals surface area contributed by atoms with Gasteiger partial charge in [0.2, 0.25) is 0 Å². The molecule has 2 aromatic rings. The third-order valence-electron chi connectivity index (χ3n) is 2.79. The molecule has 0 heterocycles. The lowest BCUT2D eigenvalue weighted by Gasteiger charge is -2.06. The first-order valence-corrected chi connectivity index (χ1v) is 5.43. The lowest BCUT2D eigenvalue weighted by molar-refractivity contribution is -0.384. The molecule has 0 radical (unpaired) electrons. The normalized spacial score (nSPS) is 10.1. The molecule has 0 amide bonds. The molecule has 0 atom stereocenters. The summed E-state index contributed by atoms with van der Waals surface area (Å²) in [6.07, 6.45) is 0.606. The van der Waals surface area contributed by atoms with Crippen LogP contribution in [0.1, 0.15) is 15.9 Å². The van der Waals surface area contributed by atoms with Gasteiger partial charge in [-0.1, -0.05) is 30.3 Å². The lowest BCUT2D eigenvalue weighted by atomic mass is 9.98. The number of benzene rings is 2. The summed E-state index contributed by atoms with van der Waals surface area (Å²) in [5.41, 5.74) is 2.55. The molecular weight excluding hydrogens is 230 g/mol. The summed E-state index contributed by atoms with van der Waals surface area (Å²) >= 11 is 0. The number of carbonyl (C=O) groups is 1. The first kappa shape index (κ1) is 12.0. The summed E-state index contributed by atoms with van der Waals surface area (Å²) < 4.78 is 0. The molecule has 0 aliphatic carbocycles. The molecule has 0 saturated carbocycles. The quantitative estimate of drug-likeness (QED) is 0.470. The summed E-state index contributed by atoms with van der Waals surface area (Å²) in [5.74, 6) is 0. The minimum Gasteiger partial charge on any atom is -0.298 e. The van der Waals surface area contributed by atoms with Crippen molar-refractivity contribution in [1.29, 1.82) is 0 Å². The summed E-state index contributed by atoms with van der Waals surface area (Å²) in [7, 11) is 0. The highest BCUT2D eigenvalue weighted by atomic mass is 16.6. The van der Waals surface area contributed by atoms with Crippen molar-refractivity contribution in [3.8, 4) is 11.1 Å². The van der Waals surface area contributed by atoms with Crippen LogP contribution < -0.4 is 0 Å². The maximum Gasteiger partial charge on any atom is 0.277 e. The topological polar surface area (TPSA) is 60.2 Å². The van der Waals surface area contributed by atoms with E-state index in [0.29, 0.717) is 17.4 Å². The third kappa shape index (κ3) is 2.13. The summed E-state index contributed by atoms with van der Waals surface area (Å²) in [6, 6.07) is 11.9. The molecule has 0 unspecified atom stereocenters. The van der Waals surface area contributed by atoms with Crippen molar-refractivity contribution >= 4 is 12.0 Å². The molecule has 0 fully saturated rings. The van der Waals surface area contributed by atoms with Crippen LogP contribution in [0.3, 0.4) is 0 Å². The highest BCUT2D eigenvalue weighted by Crippen LogP contribution is 2.32. The van der Waals surface area contributed by atoms with Crippen LogP contribution >= 0.6 is 0 Å². The van der Waals surface area contributed by atoms with Gasteiger partial charge in [-0.2, -0.15) is 0 Å². The maximum atomic E-state index is 11.1. The highest BCUT2D eigenvalue weighted by molar-refractivity contribution is 5.83. The minimum atomic E-state index is -0.464. The van der Waals surface area contributed by atoms with E-state index in [-0.39, 0.29) is 5.69 Å². The smallest absolute Gasteiger partial charge is 0.277 e. The van der Waals surface area contributed by atoms with Gasteiger partial charge in [-0.05, 0) is 24.1 Å². The number of hydrogen-bond donors (Lipinski definition) is 0. The number of nitro groups is 1. The van der Waals surface area contributed by atoms with Crippen LogP contribution in [0.15, 0.2) is 42.5 Å². The van der Waals surface area contributed by atoms with Crippen LogP contribution in [0, 0.1) is 17.0 Å². The van der Waals surface area contributed by atoms with Crippen molar-refractivity contribution < 1.29 is 9.72 Å². The second-order valence-corrected chi connectivity index (χ2v) is 3.97.